The van der Waals surface area contributed by atoms with Crippen LogP contribution in [0.4, 0.5) is 11.4 Å². The molecule has 130 valence electrons. The van der Waals surface area contributed by atoms with Crippen LogP contribution in [0.5, 0.6) is 0 Å². The molecule has 1 aliphatic rings. The van der Waals surface area contributed by atoms with E-state index in [1.165, 1.54) is 48.8 Å². The largest absolute Gasteiger partial charge is 0.322 e. The molecule has 0 atom stereocenters. The fraction of sp³-hybridized carbons (Fsp3) is 0.278. The Bertz CT molecular complexity index is 789. The molecular formula is C18H17ClN2O3S. The molecule has 2 aromatic rings. The zero-order valence-electron chi connectivity index (χ0n) is 13.4. The van der Waals surface area contributed by atoms with Crippen LogP contribution in [0.1, 0.15) is 36.0 Å². The number of carbonyl (C=O) groups excluding carboxylic acids is 1. The number of benzene rings is 2. The maximum Gasteiger partial charge on any atom is 0.283 e. The van der Waals surface area contributed by atoms with Gasteiger partial charge in [0.25, 0.3) is 11.6 Å². The lowest BCUT2D eigenvalue weighted by molar-refractivity contribution is -0.385. The van der Waals surface area contributed by atoms with Gasteiger partial charge in [0.2, 0.25) is 0 Å². The summed E-state index contributed by atoms with van der Waals surface area (Å²) in [4.78, 5) is 24.0. The van der Waals surface area contributed by atoms with Gasteiger partial charge < -0.3 is 5.32 Å². The van der Waals surface area contributed by atoms with E-state index in [1.54, 1.807) is 0 Å². The Morgan fingerprint density at radius 1 is 1.16 bits per heavy atom. The van der Waals surface area contributed by atoms with Gasteiger partial charge in [0.05, 0.1) is 4.92 Å². The van der Waals surface area contributed by atoms with Crippen LogP contribution in [-0.4, -0.2) is 16.1 Å². The molecule has 1 fully saturated rings. The van der Waals surface area contributed by atoms with Gasteiger partial charge in [0.1, 0.15) is 5.56 Å². The number of hydrogen-bond acceptors (Lipinski definition) is 4. The Balaban J connectivity index is 1.69. The summed E-state index contributed by atoms with van der Waals surface area (Å²) in [6, 6.07) is 11.6. The third-order valence-corrected chi connectivity index (χ3v) is 5.70. The monoisotopic (exact) mass is 376 g/mol. The lowest BCUT2D eigenvalue weighted by atomic mass is 10.1. The van der Waals surface area contributed by atoms with Gasteiger partial charge in [0, 0.05) is 26.9 Å². The van der Waals surface area contributed by atoms with Gasteiger partial charge in [-0.2, -0.15) is 0 Å². The third-order valence-electron chi connectivity index (χ3n) is 4.12. The topological polar surface area (TPSA) is 72.2 Å². The lowest BCUT2D eigenvalue weighted by Crippen LogP contribution is -2.13. The minimum Gasteiger partial charge on any atom is -0.322 e. The number of thioether (sulfide) groups is 1. The second-order valence-corrected chi connectivity index (χ2v) is 7.73. The number of amides is 1. The molecule has 1 aliphatic carbocycles. The average Bonchev–Trinajstić information content (AvgIpc) is 3.09. The number of nitro groups is 1. The smallest absolute Gasteiger partial charge is 0.283 e. The van der Waals surface area contributed by atoms with E-state index < -0.39 is 10.8 Å². The van der Waals surface area contributed by atoms with Crippen molar-refractivity contribution >= 4 is 40.6 Å². The van der Waals surface area contributed by atoms with E-state index in [1.807, 2.05) is 36.0 Å². The molecule has 1 N–H and O–H groups in total. The first-order chi connectivity index (χ1) is 12.0. The molecule has 5 nitrogen and oxygen atoms in total. The first-order valence-corrected chi connectivity index (χ1v) is 9.31. The van der Waals surface area contributed by atoms with Gasteiger partial charge >= 0.3 is 0 Å². The predicted octanol–water partition coefficient (Wildman–Crippen LogP) is 5.54. The molecule has 3 rings (SSSR count). The maximum absolute atomic E-state index is 12.4. The molecule has 0 unspecified atom stereocenters. The number of nitro benzene ring substituents is 1. The van der Waals surface area contributed by atoms with Crippen LogP contribution in [-0.2, 0) is 0 Å². The summed E-state index contributed by atoms with van der Waals surface area (Å²) in [5.74, 6) is -0.528. The Morgan fingerprint density at radius 3 is 2.48 bits per heavy atom. The highest BCUT2D eigenvalue weighted by molar-refractivity contribution is 8.00. The van der Waals surface area contributed by atoms with E-state index in [4.69, 9.17) is 11.6 Å². The molecule has 25 heavy (non-hydrogen) atoms. The summed E-state index contributed by atoms with van der Waals surface area (Å²) in [7, 11) is 0. The van der Waals surface area contributed by atoms with Crippen LogP contribution in [0, 0.1) is 10.1 Å². The minimum atomic E-state index is -0.609. The first-order valence-electron chi connectivity index (χ1n) is 8.05. The van der Waals surface area contributed by atoms with Crippen LogP contribution in [0.15, 0.2) is 47.4 Å². The first kappa shape index (κ1) is 17.8. The van der Waals surface area contributed by atoms with Crippen molar-refractivity contribution in [3.63, 3.8) is 0 Å². The van der Waals surface area contributed by atoms with Gasteiger partial charge in [-0.25, -0.2) is 0 Å². The third kappa shape index (κ3) is 4.52. The van der Waals surface area contributed by atoms with Crippen LogP contribution >= 0.6 is 23.4 Å². The molecule has 0 aliphatic heterocycles. The Morgan fingerprint density at radius 2 is 1.84 bits per heavy atom. The highest BCUT2D eigenvalue weighted by atomic mass is 35.5. The van der Waals surface area contributed by atoms with Crippen molar-refractivity contribution in [2.75, 3.05) is 5.32 Å². The number of hydrogen-bond donors (Lipinski definition) is 1. The number of rotatable bonds is 5. The quantitative estimate of drug-likeness (QED) is 0.549. The Kier molecular flexibility index (Phi) is 5.60. The van der Waals surface area contributed by atoms with Crippen molar-refractivity contribution in [1.82, 2.24) is 0 Å². The van der Waals surface area contributed by atoms with Crippen molar-refractivity contribution in [3.8, 4) is 0 Å². The molecule has 1 saturated carbocycles. The highest BCUT2D eigenvalue weighted by Gasteiger charge is 2.21. The fourth-order valence-electron chi connectivity index (χ4n) is 2.86. The SMILES string of the molecule is O=C(Nc1ccc(SC2CCCC2)cc1)c1ccc(Cl)cc1[N+](=O)[O-]. The molecule has 7 heteroatoms. The van der Waals surface area contributed by atoms with Crippen LogP contribution < -0.4 is 5.32 Å². The van der Waals surface area contributed by atoms with Crippen LogP contribution in [0.25, 0.3) is 0 Å². The molecule has 0 bridgehead atoms. The number of nitrogens with one attached hydrogen (secondary N) is 1. The second-order valence-electron chi connectivity index (χ2n) is 5.92. The number of halogens is 1. The summed E-state index contributed by atoms with van der Waals surface area (Å²) >= 11 is 7.64. The normalized spacial score (nSPS) is 14.4. The van der Waals surface area contributed by atoms with Gasteiger partial charge in [-0.05, 0) is 49.2 Å². The van der Waals surface area contributed by atoms with E-state index >= 15 is 0 Å². The van der Waals surface area contributed by atoms with Crippen LogP contribution in [0.2, 0.25) is 5.02 Å². The molecule has 0 aromatic heterocycles. The summed E-state index contributed by atoms with van der Waals surface area (Å²) in [6.45, 7) is 0. The minimum absolute atomic E-state index is 0.0150. The zero-order valence-corrected chi connectivity index (χ0v) is 15.0. The standard InChI is InChI=1S/C18H17ClN2O3S/c19-12-5-10-16(17(11-12)21(23)24)18(22)20-13-6-8-15(9-7-13)25-14-3-1-2-4-14/h5-11,14H,1-4H2,(H,20,22). The van der Waals surface area contributed by atoms with Gasteiger partial charge in [0.15, 0.2) is 0 Å². The number of anilines is 1. The van der Waals surface area contributed by atoms with E-state index in [0.29, 0.717) is 10.9 Å². The van der Waals surface area contributed by atoms with Crippen molar-refractivity contribution in [2.45, 2.75) is 35.8 Å². The predicted molar refractivity (Wildman–Crippen MR) is 101 cm³/mol. The Labute approximate surface area is 154 Å². The number of nitrogens with zero attached hydrogens (tertiary/aromatic N) is 1. The summed E-state index contributed by atoms with van der Waals surface area (Å²) < 4.78 is 0. The van der Waals surface area contributed by atoms with Crippen molar-refractivity contribution in [1.29, 1.82) is 0 Å². The second kappa shape index (κ2) is 7.89. The molecule has 0 heterocycles. The van der Waals surface area contributed by atoms with Crippen LogP contribution in [0.3, 0.4) is 0 Å². The van der Waals surface area contributed by atoms with E-state index in [2.05, 4.69) is 5.32 Å². The lowest BCUT2D eigenvalue weighted by Gasteiger charge is -2.10. The van der Waals surface area contributed by atoms with Gasteiger partial charge in [-0.15, -0.1) is 11.8 Å². The Hall–Kier alpha value is -2.05. The van der Waals surface area contributed by atoms with E-state index in [0.717, 1.165) is 0 Å². The van der Waals surface area contributed by atoms with Gasteiger partial charge in [-0.3, -0.25) is 14.9 Å². The summed E-state index contributed by atoms with van der Waals surface area (Å²) in [6.07, 6.45) is 5.10. The molecule has 0 spiro atoms. The highest BCUT2D eigenvalue weighted by Crippen LogP contribution is 2.35. The van der Waals surface area contributed by atoms with E-state index in [-0.39, 0.29) is 16.3 Å². The number of carbonyl (C=O) groups is 1. The zero-order chi connectivity index (χ0) is 17.8. The summed E-state index contributed by atoms with van der Waals surface area (Å²) in [5, 5.41) is 14.7. The molecule has 1 amide bonds. The fourth-order valence-corrected chi connectivity index (χ4v) is 4.28. The molecule has 2 aromatic carbocycles. The summed E-state index contributed by atoms with van der Waals surface area (Å²) in [5.41, 5.74) is 0.280. The maximum atomic E-state index is 12.4. The average molecular weight is 377 g/mol. The van der Waals surface area contributed by atoms with Crippen molar-refractivity contribution in [3.05, 3.63) is 63.2 Å². The van der Waals surface area contributed by atoms with Gasteiger partial charge in [-0.1, -0.05) is 24.4 Å². The molecular weight excluding hydrogens is 360 g/mol. The van der Waals surface area contributed by atoms with E-state index in [9.17, 15) is 14.9 Å². The van der Waals surface area contributed by atoms with Crippen molar-refractivity contribution in [2.24, 2.45) is 0 Å². The van der Waals surface area contributed by atoms with Crippen molar-refractivity contribution < 1.29 is 9.72 Å². The molecule has 0 radical (unpaired) electrons. The molecule has 0 saturated heterocycles.